The van der Waals surface area contributed by atoms with Gasteiger partial charge in [-0.3, -0.25) is 4.79 Å². The van der Waals surface area contributed by atoms with Crippen molar-refractivity contribution in [3.63, 3.8) is 0 Å². The van der Waals surface area contributed by atoms with Gasteiger partial charge in [0.25, 0.3) is 5.91 Å². The molecule has 0 aliphatic rings. The zero-order chi connectivity index (χ0) is 13.7. The van der Waals surface area contributed by atoms with Gasteiger partial charge in [0.05, 0.1) is 6.61 Å². The minimum absolute atomic E-state index is 0.176. The number of nitrogens with two attached hydrogens (primary N) is 1. The van der Waals surface area contributed by atoms with Crippen LogP contribution >= 0.6 is 15.9 Å². The lowest BCUT2D eigenvalue weighted by molar-refractivity contribution is -0.146. The van der Waals surface area contributed by atoms with Crippen LogP contribution in [0.3, 0.4) is 0 Å². The first kappa shape index (κ1) is 14.6. The summed E-state index contributed by atoms with van der Waals surface area (Å²) < 4.78 is 5.46. The van der Waals surface area contributed by atoms with E-state index in [2.05, 4.69) is 31.0 Å². The van der Waals surface area contributed by atoms with Crippen LogP contribution in [0.5, 0.6) is 0 Å². The molecule has 6 nitrogen and oxygen atoms in total. The zero-order valence-electron chi connectivity index (χ0n) is 10.1. The van der Waals surface area contributed by atoms with Crippen LogP contribution in [0.1, 0.15) is 12.5 Å². The normalized spacial score (nSPS) is 11.8. The van der Waals surface area contributed by atoms with Gasteiger partial charge in [0, 0.05) is 10.7 Å². The minimum Gasteiger partial charge on any atom is -0.464 e. The molecule has 0 spiro atoms. The Labute approximate surface area is 113 Å². The summed E-state index contributed by atoms with van der Waals surface area (Å²) in [6.45, 7) is 3.60. The van der Waals surface area contributed by atoms with Crippen molar-refractivity contribution in [1.29, 1.82) is 0 Å². The Morgan fingerprint density at radius 1 is 1.61 bits per heavy atom. The zero-order valence-corrected chi connectivity index (χ0v) is 11.7. The molecule has 1 aromatic rings. The maximum Gasteiger partial charge on any atom is 0.332 e. The molecule has 7 heteroatoms. The number of aromatic nitrogens is 1. The molecule has 18 heavy (non-hydrogen) atoms. The van der Waals surface area contributed by atoms with Gasteiger partial charge in [-0.15, -0.1) is 0 Å². The molecule has 1 rings (SSSR count). The van der Waals surface area contributed by atoms with Crippen LogP contribution in [0.25, 0.3) is 0 Å². The Kier molecular flexibility index (Phi) is 5.24. The fraction of sp³-hybridized carbons (Fsp3) is 0.364. The molecule has 1 aromatic heterocycles. The van der Waals surface area contributed by atoms with Crippen LogP contribution in [0.2, 0.25) is 0 Å². The summed E-state index contributed by atoms with van der Waals surface area (Å²) in [7, 11) is 0. The number of hydrogen-bond donors (Lipinski definition) is 2. The summed E-state index contributed by atoms with van der Waals surface area (Å²) in [6.07, 6.45) is 1.54. The van der Waals surface area contributed by atoms with E-state index in [1.807, 2.05) is 0 Å². The van der Waals surface area contributed by atoms with E-state index >= 15 is 0 Å². The highest BCUT2D eigenvalue weighted by Crippen LogP contribution is 2.16. The van der Waals surface area contributed by atoms with E-state index in [-0.39, 0.29) is 6.61 Å². The van der Waals surface area contributed by atoms with Gasteiger partial charge in [-0.05, 0) is 41.4 Å². The molecule has 1 amide bonds. The van der Waals surface area contributed by atoms with Crippen molar-refractivity contribution < 1.29 is 14.3 Å². The van der Waals surface area contributed by atoms with E-state index in [9.17, 15) is 9.59 Å². The SMILES string of the molecule is CCOC(=O)C(N)C(=O)Nc1ncc(Br)cc1C. The molecule has 0 aromatic carbocycles. The summed E-state index contributed by atoms with van der Waals surface area (Å²) >= 11 is 3.26. The molecule has 0 saturated heterocycles. The number of nitrogens with one attached hydrogen (secondary N) is 1. The molecular formula is C11H14BrN3O3. The number of aryl methyl sites for hydroxylation is 1. The highest BCUT2D eigenvalue weighted by molar-refractivity contribution is 9.10. The quantitative estimate of drug-likeness (QED) is 0.638. The topological polar surface area (TPSA) is 94.3 Å². The molecule has 0 aliphatic carbocycles. The average molecular weight is 316 g/mol. The molecule has 0 saturated carbocycles. The summed E-state index contributed by atoms with van der Waals surface area (Å²) in [4.78, 5) is 27.0. The maximum atomic E-state index is 11.7. The average Bonchev–Trinajstić information content (AvgIpc) is 2.32. The van der Waals surface area contributed by atoms with Crippen LogP contribution in [0, 0.1) is 6.92 Å². The lowest BCUT2D eigenvalue weighted by Gasteiger charge is -2.12. The van der Waals surface area contributed by atoms with E-state index in [0.717, 1.165) is 10.0 Å². The number of nitrogens with zero attached hydrogens (tertiary/aromatic N) is 1. The van der Waals surface area contributed by atoms with Crippen LogP contribution < -0.4 is 11.1 Å². The molecule has 1 heterocycles. The first-order valence-corrected chi connectivity index (χ1v) is 6.10. The van der Waals surface area contributed by atoms with Crippen LogP contribution in [0.15, 0.2) is 16.7 Å². The predicted octanol–water partition coefficient (Wildman–Crippen LogP) is 0.981. The Balaban J connectivity index is 2.72. The summed E-state index contributed by atoms with van der Waals surface area (Å²) in [5.41, 5.74) is 6.21. The highest BCUT2D eigenvalue weighted by atomic mass is 79.9. The Hall–Kier alpha value is -1.47. The van der Waals surface area contributed by atoms with Crippen LogP contribution in [-0.2, 0) is 14.3 Å². The number of ether oxygens (including phenoxy) is 1. The third-order valence-corrected chi connectivity index (χ3v) is 2.54. The van der Waals surface area contributed by atoms with Gasteiger partial charge in [-0.1, -0.05) is 0 Å². The molecule has 98 valence electrons. The van der Waals surface area contributed by atoms with Crippen molar-refractivity contribution >= 4 is 33.6 Å². The predicted molar refractivity (Wildman–Crippen MR) is 69.9 cm³/mol. The number of rotatable bonds is 4. The second-order valence-electron chi connectivity index (χ2n) is 3.54. The van der Waals surface area contributed by atoms with Gasteiger partial charge in [-0.2, -0.15) is 0 Å². The fourth-order valence-electron chi connectivity index (χ4n) is 1.20. The second kappa shape index (κ2) is 6.46. The number of anilines is 1. The number of carbonyl (C=O) groups excluding carboxylic acids is 2. The van der Waals surface area contributed by atoms with E-state index in [1.54, 1.807) is 26.1 Å². The van der Waals surface area contributed by atoms with Gasteiger partial charge in [0.15, 0.2) is 6.04 Å². The third kappa shape index (κ3) is 3.78. The maximum absolute atomic E-state index is 11.7. The van der Waals surface area contributed by atoms with Gasteiger partial charge < -0.3 is 15.8 Å². The number of esters is 1. The minimum atomic E-state index is -1.35. The smallest absolute Gasteiger partial charge is 0.332 e. The molecule has 0 radical (unpaired) electrons. The fourth-order valence-corrected chi connectivity index (χ4v) is 1.65. The van der Waals surface area contributed by atoms with Crippen molar-refractivity contribution in [2.24, 2.45) is 5.73 Å². The largest absolute Gasteiger partial charge is 0.464 e. The lowest BCUT2D eigenvalue weighted by atomic mass is 10.2. The molecule has 0 aliphatic heterocycles. The second-order valence-corrected chi connectivity index (χ2v) is 4.45. The summed E-state index contributed by atoms with van der Waals surface area (Å²) in [5, 5.41) is 2.48. The number of carbonyl (C=O) groups is 2. The number of halogens is 1. The first-order valence-electron chi connectivity index (χ1n) is 5.31. The van der Waals surface area contributed by atoms with E-state index in [0.29, 0.717) is 5.82 Å². The van der Waals surface area contributed by atoms with Crippen molar-refractivity contribution in [3.8, 4) is 0 Å². The van der Waals surface area contributed by atoms with Gasteiger partial charge in [-0.25, -0.2) is 9.78 Å². The van der Waals surface area contributed by atoms with Crippen molar-refractivity contribution in [1.82, 2.24) is 4.98 Å². The van der Waals surface area contributed by atoms with E-state index < -0.39 is 17.9 Å². The third-order valence-electron chi connectivity index (χ3n) is 2.11. The monoisotopic (exact) mass is 315 g/mol. The molecule has 0 bridgehead atoms. The lowest BCUT2D eigenvalue weighted by Crippen LogP contribution is -2.43. The first-order chi connectivity index (χ1) is 8.45. The molecule has 1 unspecified atom stereocenters. The number of amides is 1. The Morgan fingerprint density at radius 3 is 2.83 bits per heavy atom. The van der Waals surface area contributed by atoms with Crippen LogP contribution in [-0.4, -0.2) is 29.5 Å². The summed E-state index contributed by atoms with van der Waals surface area (Å²) in [5.74, 6) is -1.04. The van der Waals surface area contributed by atoms with Crippen molar-refractivity contribution in [2.45, 2.75) is 19.9 Å². The van der Waals surface area contributed by atoms with E-state index in [1.165, 1.54) is 0 Å². The molecule has 0 fully saturated rings. The highest BCUT2D eigenvalue weighted by Gasteiger charge is 2.24. The van der Waals surface area contributed by atoms with Crippen molar-refractivity contribution in [2.75, 3.05) is 11.9 Å². The number of pyridine rings is 1. The van der Waals surface area contributed by atoms with Gasteiger partial charge in [0.1, 0.15) is 5.82 Å². The molecule has 3 N–H and O–H groups in total. The van der Waals surface area contributed by atoms with Crippen LogP contribution in [0.4, 0.5) is 5.82 Å². The molecular weight excluding hydrogens is 302 g/mol. The Morgan fingerprint density at radius 2 is 2.28 bits per heavy atom. The number of hydrogen-bond acceptors (Lipinski definition) is 5. The summed E-state index contributed by atoms with van der Waals surface area (Å²) in [6, 6.07) is 0.438. The van der Waals surface area contributed by atoms with E-state index in [4.69, 9.17) is 5.73 Å². The van der Waals surface area contributed by atoms with Gasteiger partial charge in [0.2, 0.25) is 0 Å². The molecule has 1 atom stereocenters. The Bertz CT molecular complexity index is 465. The van der Waals surface area contributed by atoms with Crippen molar-refractivity contribution in [3.05, 3.63) is 22.3 Å². The standard InChI is InChI=1S/C11H14BrN3O3/c1-3-18-11(17)8(13)10(16)15-9-6(2)4-7(12)5-14-9/h4-5,8H,3,13H2,1-2H3,(H,14,15,16). The van der Waals surface area contributed by atoms with Gasteiger partial charge >= 0.3 is 5.97 Å².